The van der Waals surface area contributed by atoms with Crippen LogP contribution in [0.15, 0.2) is 0 Å². The molecule has 0 saturated carbocycles. The molecule has 1 aromatic rings. The van der Waals surface area contributed by atoms with Crippen LogP contribution in [0.3, 0.4) is 0 Å². The van der Waals surface area contributed by atoms with Gasteiger partial charge in [0.2, 0.25) is 0 Å². The fourth-order valence-electron chi connectivity index (χ4n) is 2.27. The Morgan fingerprint density at radius 1 is 1.20 bits per heavy atom. The molecule has 1 aliphatic rings. The molecule has 2 nitrogen and oxygen atoms in total. The third kappa shape index (κ3) is 2.17. The topological polar surface area (TPSA) is 16.1 Å². The molecule has 1 aliphatic heterocycles. The molecule has 0 spiro atoms. The lowest BCUT2D eigenvalue weighted by molar-refractivity contribution is 0.579. The van der Waals surface area contributed by atoms with E-state index in [0.717, 1.165) is 0 Å². The van der Waals surface area contributed by atoms with Gasteiger partial charge in [-0.1, -0.05) is 13.8 Å². The number of rotatable bonds is 2. The van der Waals surface area contributed by atoms with Crippen molar-refractivity contribution in [3.05, 3.63) is 11.3 Å². The van der Waals surface area contributed by atoms with Crippen LogP contribution in [-0.4, -0.2) is 17.5 Å². The smallest absolute Gasteiger partial charge is 0.115 e. The van der Waals surface area contributed by atoms with Crippen LogP contribution in [0, 0.1) is 6.92 Å². The zero-order chi connectivity index (χ0) is 10.8. The van der Waals surface area contributed by atoms with Gasteiger partial charge in [-0.15, -0.1) is 0 Å². The summed E-state index contributed by atoms with van der Waals surface area (Å²) in [6.45, 7) is 9.12. The predicted octanol–water partition coefficient (Wildman–Crippen LogP) is 3.57. The van der Waals surface area contributed by atoms with Crippen molar-refractivity contribution in [3.8, 4) is 0 Å². The third-order valence-electron chi connectivity index (χ3n) is 3.13. The molecule has 15 heavy (non-hydrogen) atoms. The zero-order valence-electron chi connectivity index (χ0n) is 9.92. The minimum Gasteiger partial charge on any atom is -0.362 e. The lowest BCUT2D eigenvalue weighted by atomic mass is 10.1. The Kier molecular flexibility index (Phi) is 3.29. The Labute approximate surface area is 96.5 Å². The molecular formula is C12H20N2S. The van der Waals surface area contributed by atoms with Gasteiger partial charge in [0.25, 0.3) is 0 Å². The quantitative estimate of drug-likeness (QED) is 0.763. The second kappa shape index (κ2) is 4.52. The molecular weight excluding hydrogens is 204 g/mol. The summed E-state index contributed by atoms with van der Waals surface area (Å²) >= 11 is 1.69. The van der Waals surface area contributed by atoms with Gasteiger partial charge in [-0.3, -0.25) is 0 Å². The van der Waals surface area contributed by atoms with Crippen molar-refractivity contribution in [2.45, 2.75) is 46.0 Å². The van der Waals surface area contributed by atoms with Gasteiger partial charge < -0.3 is 4.90 Å². The van der Waals surface area contributed by atoms with Gasteiger partial charge in [0.05, 0.1) is 5.69 Å². The summed E-state index contributed by atoms with van der Waals surface area (Å²) in [5.74, 6) is 0.555. The number of nitrogens with zero attached hydrogens (tertiary/aromatic N) is 2. The Morgan fingerprint density at radius 3 is 2.40 bits per heavy atom. The van der Waals surface area contributed by atoms with Crippen LogP contribution in [-0.2, 0) is 0 Å². The van der Waals surface area contributed by atoms with Gasteiger partial charge in [0.1, 0.15) is 5.00 Å². The zero-order valence-corrected chi connectivity index (χ0v) is 10.7. The van der Waals surface area contributed by atoms with E-state index in [0.29, 0.717) is 5.92 Å². The summed E-state index contributed by atoms with van der Waals surface area (Å²) in [5.41, 5.74) is 2.71. The largest absolute Gasteiger partial charge is 0.362 e. The molecule has 0 N–H and O–H groups in total. The average molecular weight is 224 g/mol. The number of piperidine rings is 1. The molecule has 2 rings (SSSR count). The van der Waals surface area contributed by atoms with E-state index in [1.165, 1.54) is 48.6 Å². The Morgan fingerprint density at radius 2 is 1.87 bits per heavy atom. The highest BCUT2D eigenvalue weighted by atomic mass is 32.1. The molecule has 1 fully saturated rings. The van der Waals surface area contributed by atoms with Crippen LogP contribution in [0.2, 0.25) is 0 Å². The molecule has 0 aromatic carbocycles. The van der Waals surface area contributed by atoms with Gasteiger partial charge in [-0.05, 0) is 43.6 Å². The van der Waals surface area contributed by atoms with E-state index in [4.69, 9.17) is 0 Å². The number of anilines is 1. The van der Waals surface area contributed by atoms with Crippen molar-refractivity contribution in [3.63, 3.8) is 0 Å². The van der Waals surface area contributed by atoms with E-state index in [9.17, 15) is 0 Å². The molecule has 3 heteroatoms. The van der Waals surface area contributed by atoms with E-state index in [1.807, 2.05) is 0 Å². The Hall–Kier alpha value is -0.570. The van der Waals surface area contributed by atoms with Crippen LogP contribution in [0.4, 0.5) is 5.00 Å². The molecule has 1 saturated heterocycles. The Bertz CT molecular complexity index is 324. The van der Waals surface area contributed by atoms with Gasteiger partial charge in [-0.25, -0.2) is 0 Å². The maximum Gasteiger partial charge on any atom is 0.115 e. The summed E-state index contributed by atoms with van der Waals surface area (Å²) < 4.78 is 4.59. The minimum absolute atomic E-state index is 0.555. The third-order valence-corrected chi connectivity index (χ3v) is 4.15. The number of aromatic nitrogens is 1. The number of hydrogen-bond donors (Lipinski definition) is 0. The molecule has 0 radical (unpaired) electrons. The molecule has 0 unspecified atom stereocenters. The monoisotopic (exact) mass is 224 g/mol. The fourth-order valence-corrected chi connectivity index (χ4v) is 3.34. The van der Waals surface area contributed by atoms with Crippen molar-refractivity contribution in [1.82, 2.24) is 4.37 Å². The summed E-state index contributed by atoms with van der Waals surface area (Å²) in [5, 5.41) is 1.42. The molecule has 0 amide bonds. The van der Waals surface area contributed by atoms with Crippen molar-refractivity contribution in [1.29, 1.82) is 0 Å². The average Bonchev–Trinajstić information content (AvgIpc) is 2.61. The van der Waals surface area contributed by atoms with Crippen LogP contribution < -0.4 is 4.90 Å². The van der Waals surface area contributed by atoms with Crippen molar-refractivity contribution in [2.24, 2.45) is 0 Å². The van der Waals surface area contributed by atoms with Crippen molar-refractivity contribution < 1.29 is 0 Å². The van der Waals surface area contributed by atoms with E-state index >= 15 is 0 Å². The standard InChI is InChI=1S/C12H20N2S/c1-9(2)11-10(3)12(15-13-11)14-7-5-4-6-8-14/h9H,4-8H2,1-3H3. The van der Waals surface area contributed by atoms with Crippen LogP contribution in [0.25, 0.3) is 0 Å². The molecule has 0 bridgehead atoms. The highest BCUT2D eigenvalue weighted by molar-refractivity contribution is 7.10. The van der Waals surface area contributed by atoms with E-state index < -0.39 is 0 Å². The summed E-state index contributed by atoms with van der Waals surface area (Å²) in [6, 6.07) is 0. The van der Waals surface area contributed by atoms with Gasteiger partial charge in [0, 0.05) is 18.7 Å². The molecule has 84 valence electrons. The molecule has 0 atom stereocenters. The predicted molar refractivity (Wildman–Crippen MR) is 67.0 cm³/mol. The minimum atomic E-state index is 0.555. The molecule has 2 heterocycles. The fraction of sp³-hybridized carbons (Fsp3) is 0.750. The first-order chi connectivity index (χ1) is 7.20. The maximum absolute atomic E-state index is 4.59. The first kappa shape index (κ1) is 10.9. The SMILES string of the molecule is Cc1c(C(C)C)nsc1N1CCCCC1. The first-order valence-electron chi connectivity index (χ1n) is 5.91. The second-order valence-corrected chi connectivity index (χ2v) is 5.45. The van der Waals surface area contributed by atoms with Crippen molar-refractivity contribution in [2.75, 3.05) is 18.0 Å². The van der Waals surface area contributed by atoms with E-state index in [1.54, 1.807) is 11.5 Å². The van der Waals surface area contributed by atoms with E-state index in [2.05, 4.69) is 30.0 Å². The van der Waals surface area contributed by atoms with Gasteiger partial charge in [0.15, 0.2) is 0 Å². The lowest BCUT2D eigenvalue weighted by Gasteiger charge is -2.27. The summed E-state index contributed by atoms with van der Waals surface area (Å²) in [7, 11) is 0. The normalized spacial score (nSPS) is 17.5. The van der Waals surface area contributed by atoms with Crippen LogP contribution in [0.5, 0.6) is 0 Å². The van der Waals surface area contributed by atoms with Crippen LogP contribution in [0.1, 0.15) is 50.3 Å². The summed E-state index contributed by atoms with van der Waals surface area (Å²) in [6.07, 6.45) is 4.08. The molecule has 1 aromatic heterocycles. The maximum atomic E-state index is 4.59. The van der Waals surface area contributed by atoms with Crippen LogP contribution >= 0.6 is 11.5 Å². The number of hydrogen-bond acceptors (Lipinski definition) is 3. The van der Waals surface area contributed by atoms with Crippen molar-refractivity contribution >= 4 is 16.5 Å². The van der Waals surface area contributed by atoms with E-state index in [-0.39, 0.29) is 0 Å². The molecule has 0 aliphatic carbocycles. The highest BCUT2D eigenvalue weighted by Gasteiger charge is 2.19. The summed E-state index contributed by atoms with van der Waals surface area (Å²) in [4.78, 5) is 2.52. The van der Waals surface area contributed by atoms with Gasteiger partial charge in [-0.2, -0.15) is 4.37 Å². The van der Waals surface area contributed by atoms with Gasteiger partial charge >= 0.3 is 0 Å². The first-order valence-corrected chi connectivity index (χ1v) is 6.68. The Balaban J connectivity index is 2.20. The lowest BCUT2D eigenvalue weighted by Crippen LogP contribution is -2.29. The second-order valence-electron chi connectivity index (χ2n) is 4.70. The highest BCUT2D eigenvalue weighted by Crippen LogP contribution is 2.33.